The summed E-state index contributed by atoms with van der Waals surface area (Å²) in [6.45, 7) is 1.58. The topological polar surface area (TPSA) is 67.1 Å². The Morgan fingerprint density at radius 3 is 2.79 bits per heavy atom. The number of pyridine rings is 2. The van der Waals surface area contributed by atoms with E-state index in [2.05, 4.69) is 19.9 Å². The van der Waals surface area contributed by atoms with E-state index < -0.39 is 0 Å². The molecule has 24 heavy (non-hydrogen) atoms. The van der Waals surface area contributed by atoms with Crippen LogP contribution in [0.5, 0.6) is 0 Å². The molecule has 1 N–H and O–H groups in total. The number of hydrogen-bond donors (Lipinski definition) is 1. The summed E-state index contributed by atoms with van der Waals surface area (Å²) in [6.07, 6.45) is 4.74. The van der Waals surface area contributed by atoms with E-state index in [1.54, 1.807) is 12.4 Å². The molecule has 1 fully saturated rings. The lowest BCUT2D eigenvalue weighted by molar-refractivity contribution is 0.145. The van der Waals surface area contributed by atoms with Crippen LogP contribution >= 0.6 is 11.6 Å². The molecule has 0 atom stereocenters. The van der Waals surface area contributed by atoms with Crippen LogP contribution in [0.15, 0.2) is 30.6 Å². The van der Waals surface area contributed by atoms with Gasteiger partial charge in [0.05, 0.1) is 11.1 Å². The number of fused-ring (bicyclic) bond motifs is 1. The molecule has 1 saturated heterocycles. The van der Waals surface area contributed by atoms with Gasteiger partial charge in [-0.05, 0) is 31.0 Å². The van der Waals surface area contributed by atoms with Crippen LogP contribution < -0.4 is 4.90 Å². The molecule has 1 aliphatic rings. The van der Waals surface area contributed by atoms with Gasteiger partial charge in [0.2, 0.25) is 0 Å². The summed E-state index contributed by atoms with van der Waals surface area (Å²) in [5.41, 5.74) is 2.50. The summed E-state index contributed by atoms with van der Waals surface area (Å²) in [5, 5.41) is 10.2. The van der Waals surface area contributed by atoms with Crippen LogP contribution in [0, 0.1) is 0 Å². The van der Waals surface area contributed by atoms with Gasteiger partial charge in [-0.1, -0.05) is 11.6 Å². The zero-order valence-corrected chi connectivity index (χ0v) is 14.1. The van der Waals surface area contributed by atoms with E-state index in [4.69, 9.17) is 11.6 Å². The molecular formula is C17H18ClN5O. The molecule has 0 bridgehead atoms. The van der Waals surface area contributed by atoms with Crippen LogP contribution in [0.25, 0.3) is 22.6 Å². The predicted molar refractivity (Wildman–Crippen MR) is 94.2 cm³/mol. The monoisotopic (exact) mass is 343 g/mol. The van der Waals surface area contributed by atoms with Crippen molar-refractivity contribution in [2.75, 3.05) is 18.0 Å². The number of rotatable bonds is 2. The number of aliphatic hydroxyl groups is 1. The van der Waals surface area contributed by atoms with Crippen LogP contribution in [0.1, 0.15) is 12.8 Å². The van der Waals surface area contributed by atoms with E-state index in [1.165, 1.54) is 0 Å². The third-order valence-corrected chi connectivity index (χ3v) is 4.80. The zero-order chi connectivity index (χ0) is 16.7. The molecular weight excluding hydrogens is 326 g/mol. The van der Waals surface area contributed by atoms with Gasteiger partial charge >= 0.3 is 0 Å². The highest BCUT2D eigenvalue weighted by atomic mass is 35.5. The highest BCUT2D eigenvalue weighted by molar-refractivity contribution is 6.33. The van der Waals surface area contributed by atoms with Crippen LogP contribution in [0.3, 0.4) is 0 Å². The van der Waals surface area contributed by atoms with Gasteiger partial charge in [-0.2, -0.15) is 0 Å². The van der Waals surface area contributed by atoms with Gasteiger partial charge in [-0.15, -0.1) is 0 Å². The largest absolute Gasteiger partial charge is 0.393 e. The van der Waals surface area contributed by atoms with E-state index in [-0.39, 0.29) is 6.10 Å². The Labute approximate surface area is 144 Å². The molecule has 4 rings (SSSR count). The molecule has 0 aromatic carbocycles. The number of nitrogens with zero attached hydrogens (tertiary/aromatic N) is 5. The van der Waals surface area contributed by atoms with Crippen molar-refractivity contribution >= 4 is 28.6 Å². The lowest BCUT2D eigenvalue weighted by atomic mass is 10.1. The van der Waals surface area contributed by atoms with Gasteiger partial charge in [0.15, 0.2) is 5.65 Å². The van der Waals surface area contributed by atoms with Gasteiger partial charge in [-0.25, -0.2) is 15.0 Å². The molecule has 0 radical (unpaired) electrons. The predicted octanol–water partition coefficient (Wildman–Crippen LogP) is 2.64. The van der Waals surface area contributed by atoms with E-state index in [0.29, 0.717) is 5.02 Å². The molecule has 124 valence electrons. The summed E-state index contributed by atoms with van der Waals surface area (Å²) in [7, 11) is 1.94. The molecule has 0 unspecified atom stereocenters. The maximum Gasteiger partial charge on any atom is 0.159 e. The maximum atomic E-state index is 9.68. The second kappa shape index (κ2) is 6.03. The fourth-order valence-electron chi connectivity index (χ4n) is 3.13. The van der Waals surface area contributed by atoms with Crippen molar-refractivity contribution < 1.29 is 5.11 Å². The lowest BCUT2D eigenvalue weighted by Crippen LogP contribution is -2.36. The van der Waals surface area contributed by atoms with Crippen molar-refractivity contribution in [3.8, 4) is 11.4 Å². The number of aromatic nitrogens is 4. The van der Waals surface area contributed by atoms with Gasteiger partial charge in [-0.3, -0.25) is 0 Å². The molecule has 6 nitrogen and oxygen atoms in total. The molecule has 0 aliphatic carbocycles. The Kier molecular flexibility index (Phi) is 3.86. The first-order valence-corrected chi connectivity index (χ1v) is 8.37. The van der Waals surface area contributed by atoms with E-state index in [0.717, 1.165) is 54.3 Å². The smallest absolute Gasteiger partial charge is 0.159 e. The van der Waals surface area contributed by atoms with Crippen LogP contribution in [-0.2, 0) is 7.05 Å². The number of aryl methyl sites for hydroxylation is 1. The Bertz CT molecular complexity index is 886. The van der Waals surface area contributed by atoms with Crippen LogP contribution in [-0.4, -0.2) is 43.8 Å². The lowest BCUT2D eigenvalue weighted by Gasteiger charge is -2.30. The van der Waals surface area contributed by atoms with Crippen molar-refractivity contribution in [3.63, 3.8) is 0 Å². The molecule has 7 heteroatoms. The fourth-order valence-corrected chi connectivity index (χ4v) is 3.32. The number of halogens is 1. The number of imidazole rings is 1. The Balaban J connectivity index is 1.77. The number of aliphatic hydroxyl groups excluding tert-OH is 1. The van der Waals surface area contributed by atoms with Crippen LogP contribution in [0.4, 0.5) is 5.82 Å². The van der Waals surface area contributed by atoms with Crippen LogP contribution in [0.2, 0.25) is 5.02 Å². The third-order valence-electron chi connectivity index (χ3n) is 4.50. The standard InChI is InChI=1S/C17H18ClN5O/c1-22-16(21-14-3-2-6-19-17(14)22)12-9-15(20-10-13(12)18)23-7-4-11(24)5-8-23/h2-3,6,9-11,24H,4-5,7-8H2,1H3. The van der Waals surface area contributed by atoms with Crippen molar-refractivity contribution in [2.45, 2.75) is 18.9 Å². The maximum absolute atomic E-state index is 9.68. The zero-order valence-electron chi connectivity index (χ0n) is 13.4. The van der Waals surface area contributed by atoms with Gasteiger partial charge in [0.25, 0.3) is 0 Å². The summed E-state index contributed by atoms with van der Waals surface area (Å²) < 4.78 is 1.94. The first kappa shape index (κ1) is 15.4. The highest BCUT2D eigenvalue weighted by Gasteiger charge is 2.20. The fraction of sp³-hybridized carbons (Fsp3) is 0.353. The number of piperidine rings is 1. The summed E-state index contributed by atoms with van der Waals surface area (Å²) >= 11 is 6.40. The van der Waals surface area contributed by atoms with Crippen molar-refractivity contribution in [2.24, 2.45) is 7.05 Å². The van der Waals surface area contributed by atoms with E-state index in [1.807, 2.05) is 29.8 Å². The molecule has 1 aliphatic heterocycles. The minimum absolute atomic E-state index is 0.209. The Morgan fingerprint density at radius 1 is 1.25 bits per heavy atom. The van der Waals surface area contributed by atoms with Gasteiger partial charge in [0.1, 0.15) is 17.2 Å². The summed E-state index contributed by atoms with van der Waals surface area (Å²) in [6, 6.07) is 5.78. The SMILES string of the molecule is Cn1c(-c2cc(N3CCC(O)CC3)ncc2Cl)nc2cccnc21. The second-order valence-electron chi connectivity index (χ2n) is 6.08. The van der Waals surface area contributed by atoms with E-state index in [9.17, 15) is 5.11 Å². The molecule has 3 aromatic rings. The van der Waals surface area contributed by atoms with Crippen molar-refractivity contribution in [3.05, 3.63) is 35.6 Å². The minimum Gasteiger partial charge on any atom is -0.393 e. The minimum atomic E-state index is -0.209. The molecule has 0 spiro atoms. The van der Waals surface area contributed by atoms with E-state index >= 15 is 0 Å². The van der Waals surface area contributed by atoms with Crippen molar-refractivity contribution in [1.29, 1.82) is 0 Å². The quantitative estimate of drug-likeness (QED) is 0.774. The molecule has 0 saturated carbocycles. The first-order chi connectivity index (χ1) is 11.6. The van der Waals surface area contributed by atoms with Gasteiger partial charge in [0, 0.05) is 38.1 Å². The number of hydrogen-bond acceptors (Lipinski definition) is 5. The van der Waals surface area contributed by atoms with Crippen molar-refractivity contribution in [1.82, 2.24) is 19.5 Å². The number of anilines is 1. The second-order valence-corrected chi connectivity index (χ2v) is 6.49. The first-order valence-electron chi connectivity index (χ1n) is 8.00. The molecule has 3 aromatic heterocycles. The normalized spacial score (nSPS) is 16.0. The third kappa shape index (κ3) is 2.61. The Morgan fingerprint density at radius 2 is 2.04 bits per heavy atom. The summed E-state index contributed by atoms with van der Waals surface area (Å²) in [5.74, 6) is 1.63. The average Bonchev–Trinajstić information content (AvgIpc) is 2.93. The molecule has 4 heterocycles. The summed E-state index contributed by atoms with van der Waals surface area (Å²) in [4.78, 5) is 15.7. The molecule has 0 amide bonds. The van der Waals surface area contributed by atoms with Gasteiger partial charge < -0.3 is 14.6 Å². The average molecular weight is 344 g/mol. The highest BCUT2D eigenvalue weighted by Crippen LogP contribution is 2.31. The Hall–Kier alpha value is -2.18.